The number of nitrogens with two attached hydrogens (primary N) is 1. The van der Waals surface area contributed by atoms with E-state index in [4.69, 9.17) is 10.5 Å². The number of likely N-dealkylation sites (tertiary alicyclic amines) is 1. The molecule has 1 saturated heterocycles. The number of alkyl halides is 1. The zero-order valence-electron chi connectivity index (χ0n) is 13.2. The van der Waals surface area contributed by atoms with E-state index in [1.807, 2.05) is 17.0 Å². The molecule has 1 aromatic carbocycles. The Balaban J connectivity index is 1.75. The van der Waals surface area contributed by atoms with Gasteiger partial charge in [-0.15, -0.1) is 0 Å². The smallest absolute Gasteiger partial charge is 0.409 e. The molecule has 0 bridgehead atoms. The molecule has 1 aromatic rings. The highest BCUT2D eigenvalue weighted by Gasteiger charge is 2.22. The van der Waals surface area contributed by atoms with Gasteiger partial charge in [-0.2, -0.15) is 0 Å². The number of ether oxygens (including phenoxy) is 1. The third-order valence-electron chi connectivity index (χ3n) is 4.25. The van der Waals surface area contributed by atoms with E-state index in [9.17, 15) is 14.0 Å². The van der Waals surface area contributed by atoms with Gasteiger partial charge < -0.3 is 15.4 Å². The Morgan fingerprint density at radius 3 is 2.43 bits per heavy atom. The number of carbonyl (C=O) groups excluding carboxylic acids is 2. The molecule has 2 amide bonds. The van der Waals surface area contributed by atoms with Gasteiger partial charge in [0.15, 0.2) is 0 Å². The number of halogens is 1. The first-order valence-electron chi connectivity index (χ1n) is 7.98. The van der Waals surface area contributed by atoms with Gasteiger partial charge in [0.1, 0.15) is 5.75 Å². The summed E-state index contributed by atoms with van der Waals surface area (Å²) in [6, 6.07) is 6.96. The molecule has 5 nitrogen and oxygen atoms in total. The van der Waals surface area contributed by atoms with Gasteiger partial charge in [-0.05, 0) is 49.3 Å². The van der Waals surface area contributed by atoms with E-state index in [0.29, 0.717) is 30.9 Å². The molecule has 6 heteroatoms. The van der Waals surface area contributed by atoms with Crippen LogP contribution in [0.3, 0.4) is 0 Å². The van der Waals surface area contributed by atoms with Crippen LogP contribution in [0.4, 0.5) is 9.18 Å². The fourth-order valence-corrected chi connectivity index (χ4v) is 2.88. The van der Waals surface area contributed by atoms with Gasteiger partial charge in [0.2, 0.25) is 5.91 Å². The number of hydrogen-bond donors (Lipinski definition) is 1. The summed E-state index contributed by atoms with van der Waals surface area (Å²) < 4.78 is 17.1. The van der Waals surface area contributed by atoms with Crippen molar-refractivity contribution in [2.24, 2.45) is 11.7 Å². The van der Waals surface area contributed by atoms with Crippen molar-refractivity contribution in [1.82, 2.24) is 4.90 Å². The summed E-state index contributed by atoms with van der Waals surface area (Å²) in [6.45, 7) is 1.19. The summed E-state index contributed by atoms with van der Waals surface area (Å²) in [5.41, 5.74) is 5.94. The summed E-state index contributed by atoms with van der Waals surface area (Å²) in [6.07, 6.45) is 2.65. The van der Waals surface area contributed by atoms with Gasteiger partial charge in [-0.3, -0.25) is 9.18 Å². The van der Waals surface area contributed by atoms with Crippen LogP contribution in [0.1, 0.15) is 31.2 Å². The van der Waals surface area contributed by atoms with Crippen LogP contribution in [0.25, 0.3) is 0 Å². The molecule has 23 heavy (non-hydrogen) atoms. The zero-order chi connectivity index (χ0) is 16.7. The van der Waals surface area contributed by atoms with Crippen molar-refractivity contribution in [3.05, 3.63) is 29.8 Å². The number of aryl methyl sites for hydroxylation is 1. The minimum Gasteiger partial charge on any atom is -0.411 e. The number of piperidine rings is 1. The van der Waals surface area contributed by atoms with Crippen LogP contribution in [-0.2, 0) is 11.2 Å². The van der Waals surface area contributed by atoms with Crippen LogP contribution in [0, 0.1) is 5.92 Å². The molecule has 126 valence electrons. The maximum Gasteiger partial charge on any atom is 0.409 e. The van der Waals surface area contributed by atoms with Crippen LogP contribution < -0.4 is 10.5 Å². The predicted molar refractivity (Wildman–Crippen MR) is 84.9 cm³/mol. The molecule has 0 aromatic heterocycles. The highest BCUT2D eigenvalue weighted by Crippen LogP contribution is 2.21. The van der Waals surface area contributed by atoms with Crippen LogP contribution in [0.15, 0.2) is 24.3 Å². The molecule has 0 spiro atoms. The van der Waals surface area contributed by atoms with Gasteiger partial charge in [0.05, 0.1) is 6.67 Å². The topological polar surface area (TPSA) is 72.6 Å². The summed E-state index contributed by atoms with van der Waals surface area (Å²) in [4.78, 5) is 24.7. The van der Waals surface area contributed by atoms with Crippen molar-refractivity contribution in [1.29, 1.82) is 0 Å². The fraction of sp³-hybridized carbons (Fsp3) is 0.529. The van der Waals surface area contributed by atoms with Gasteiger partial charge in [0, 0.05) is 19.5 Å². The third-order valence-corrected chi connectivity index (χ3v) is 4.25. The normalized spacial score (nSPS) is 15.4. The molecule has 0 atom stereocenters. The maximum absolute atomic E-state index is 12.3. The standard InChI is InChI=1S/C17H23FN2O3/c18-10-7-14-8-11-20(12-9-14)16(21)6-3-13-1-4-15(5-2-13)23-17(19)22/h1-2,4-5,14H,3,6-12H2,(H2,19,22). The van der Waals surface area contributed by atoms with Crippen molar-refractivity contribution in [3.63, 3.8) is 0 Å². The second-order valence-electron chi connectivity index (χ2n) is 5.87. The number of rotatable bonds is 6. The SMILES string of the molecule is NC(=O)Oc1ccc(CCC(=O)N2CCC(CCF)CC2)cc1. The lowest BCUT2D eigenvalue weighted by Crippen LogP contribution is -2.38. The molecule has 1 aliphatic heterocycles. The molecule has 0 unspecified atom stereocenters. The fourth-order valence-electron chi connectivity index (χ4n) is 2.88. The third kappa shape index (κ3) is 5.54. The summed E-state index contributed by atoms with van der Waals surface area (Å²) >= 11 is 0. The summed E-state index contributed by atoms with van der Waals surface area (Å²) in [5.74, 6) is 0.950. The first-order valence-corrected chi connectivity index (χ1v) is 7.98. The number of carbonyl (C=O) groups is 2. The second-order valence-corrected chi connectivity index (χ2v) is 5.87. The van der Waals surface area contributed by atoms with Crippen molar-refractivity contribution >= 4 is 12.0 Å². The Morgan fingerprint density at radius 2 is 1.87 bits per heavy atom. The number of primary amides is 1. The van der Waals surface area contributed by atoms with E-state index in [0.717, 1.165) is 31.5 Å². The van der Waals surface area contributed by atoms with Crippen LogP contribution in [0.5, 0.6) is 5.75 Å². The van der Waals surface area contributed by atoms with E-state index >= 15 is 0 Å². The Kier molecular flexibility index (Phi) is 6.38. The Morgan fingerprint density at radius 1 is 1.22 bits per heavy atom. The predicted octanol–water partition coefficient (Wildman–Crippen LogP) is 2.67. The molecule has 1 heterocycles. The number of nitrogens with zero attached hydrogens (tertiary/aromatic N) is 1. The summed E-state index contributed by atoms with van der Waals surface area (Å²) in [7, 11) is 0. The van der Waals surface area contributed by atoms with E-state index in [1.54, 1.807) is 12.1 Å². The Labute approximate surface area is 135 Å². The molecule has 1 aliphatic rings. The number of amides is 2. The molecule has 1 fully saturated rings. The van der Waals surface area contributed by atoms with Crippen molar-refractivity contribution in [2.45, 2.75) is 32.1 Å². The molecule has 0 saturated carbocycles. The highest BCUT2D eigenvalue weighted by atomic mass is 19.1. The number of hydrogen-bond acceptors (Lipinski definition) is 3. The van der Waals surface area contributed by atoms with Crippen molar-refractivity contribution in [2.75, 3.05) is 19.8 Å². The van der Waals surface area contributed by atoms with Crippen molar-refractivity contribution in [3.8, 4) is 5.75 Å². The number of benzene rings is 1. The van der Waals surface area contributed by atoms with Gasteiger partial charge in [-0.25, -0.2) is 4.79 Å². The van der Waals surface area contributed by atoms with Gasteiger partial charge in [-0.1, -0.05) is 12.1 Å². The van der Waals surface area contributed by atoms with Crippen LogP contribution in [-0.4, -0.2) is 36.7 Å². The Bertz CT molecular complexity index is 525. The quantitative estimate of drug-likeness (QED) is 0.875. The van der Waals surface area contributed by atoms with E-state index in [-0.39, 0.29) is 12.6 Å². The monoisotopic (exact) mass is 322 g/mol. The minimum atomic E-state index is -0.843. The lowest BCUT2D eigenvalue weighted by Gasteiger charge is -2.31. The highest BCUT2D eigenvalue weighted by molar-refractivity contribution is 5.76. The summed E-state index contributed by atoms with van der Waals surface area (Å²) in [5, 5.41) is 0. The zero-order valence-corrected chi connectivity index (χ0v) is 13.2. The average Bonchev–Trinajstić information content (AvgIpc) is 2.54. The van der Waals surface area contributed by atoms with Gasteiger partial charge >= 0.3 is 6.09 Å². The van der Waals surface area contributed by atoms with Crippen LogP contribution in [0.2, 0.25) is 0 Å². The molecular formula is C17H23FN2O3. The molecular weight excluding hydrogens is 299 g/mol. The first kappa shape index (κ1) is 17.2. The maximum atomic E-state index is 12.3. The molecule has 2 N–H and O–H groups in total. The van der Waals surface area contributed by atoms with Crippen molar-refractivity contribution < 1.29 is 18.7 Å². The van der Waals surface area contributed by atoms with Gasteiger partial charge in [0.25, 0.3) is 0 Å². The first-order chi connectivity index (χ1) is 11.1. The second kappa shape index (κ2) is 8.50. The van der Waals surface area contributed by atoms with E-state index in [2.05, 4.69) is 0 Å². The Hall–Kier alpha value is -2.11. The van der Waals surface area contributed by atoms with E-state index in [1.165, 1.54) is 0 Å². The van der Waals surface area contributed by atoms with E-state index < -0.39 is 6.09 Å². The van der Waals surface area contributed by atoms with Crippen LogP contribution >= 0.6 is 0 Å². The molecule has 0 radical (unpaired) electrons. The lowest BCUT2D eigenvalue weighted by molar-refractivity contribution is -0.132. The minimum absolute atomic E-state index is 0.140. The molecule has 2 rings (SSSR count). The average molecular weight is 322 g/mol. The lowest BCUT2D eigenvalue weighted by atomic mass is 9.94. The largest absolute Gasteiger partial charge is 0.411 e. The molecule has 0 aliphatic carbocycles.